The van der Waals surface area contributed by atoms with Gasteiger partial charge in [-0.05, 0) is 33.2 Å². The van der Waals surface area contributed by atoms with E-state index in [-0.39, 0.29) is 19.6 Å². The number of nitrogens with one attached hydrogen (secondary N) is 2. The maximum absolute atomic E-state index is 11.6. The average Bonchev–Trinajstić information content (AvgIpc) is 2.33. The lowest BCUT2D eigenvalue weighted by Crippen LogP contribution is -2.44. The maximum Gasteiger partial charge on any atom is 0.407 e. The second-order valence-electron chi connectivity index (χ2n) is 7.70. The molecule has 0 aromatic rings. The summed E-state index contributed by atoms with van der Waals surface area (Å²) in [5.74, 6) is -1.19. The van der Waals surface area contributed by atoms with Gasteiger partial charge in [0, 0.05) is 14.6 Å². The predicted octanol–water partition coefficient (Wildman–Crippen LogP) is 2.42. The number of rotatable bonds is 8. The van der Waals surface area contributed by atoms with Crippen LogP contribution in [-0.4, -0.2) is 56.1 Å². The van der Waals surface area contributed by atoms with Gasteiger partial charge in [0.2, 0.25) is 0 Å². The summed E-state index contributed by atoms with van der Waals surface area (Å²) in [7, 11) is -1.32. The van der Waals surface area contributed by atoms with Gasteiger partial charge in [0.05, 0.1) is 6.61 Å². The van der Waals surface area contributed by atoms with E-state index < -0.39 is 37.9 Å². The Labute approximate surface area is 144 Å². The molecular formula is C15H30N2O6Si. The van der Waals surface area contributed by atoms with Gasteiger partial charge in [0.25, 0.3) is 0 Å². The van der Waals surface area contributed by atoms with Crippen LogP contribution in [0.4, 0.5) is 9.59 Å². The SMILES string of the molecule is CC(C)(C)OC(=O)NCC[C@H](NC(=O)OCC[Si](C)(C)C)C(=O)O. The van der Waals surface area contributed by atoms with Crippen molar-refractivity contribution in [3.05, 3.63) is 0 Å². The summed E-state index contributed by atoms with van der Waals surface area (Å²) in [4.78, 5) is 34.3. The quantitative estimate of drug-likeness (QED) is 0.571. The summed E-state index contributed by atoms with van der Waals surface area (Å²) >= 11 is 0. The van der Waals surface area contributed by atoms with E-state index in [1.54, 1.807) is 20.8 Å². The van der Waals surface area contributed by atoms with Crippen molar-refractivity contribution in [3.8, 4) is 0 Å². The van der Waals surface area contributed by atoms with Crippen molar-refractivity contribution in [3.63, 3.8) is 0 Å². The molecule has 2 amide bonds. The number of ether oxygens (including phenoxy) is 2. The first-order valence-corrected chi connectivity index (χ1v) is 11.6. The van der Waals surface area contributed by atoms with E-state index in [0.717, 1.165) is 6.04 Å². The lowest BCUT2D eigenvalue weighted by atomic mass is 10.2. The van der Waals surface area contributed by atoms with Crippen LogP contribution in [0.15, 0.2) is 0 Å². The summed E-state index contributed by atoms with van der Waals surface area (Å²) in [6, 6.07) is -0.336. The fraction of sp³-hybridized carbons (Fsp3) is 0.800. The van der Waals surface area contributed by atoms with E-state index in [1.807, 2.05) is 0 Å². The van der Waals surface area contributed by atoms with Crippen LogP contribution in [0, 0.1) is 0 Å². The predicted molar refractivity (Wildman–Crippen MR) is 92.9 cm³/mol. The minimum Gasteiger partial charge on any atom is -0.480 e. The van der Waals surface area contributed by atoms with Gasteiger partial charge >= 0.3 is 18.2 Å². The van der Waals surface area contributed by atoms with Gasteiger partial charge in [-0.25, -0.2) is 14.4 Å². The highest BCUT2D eigenvalue weighted by Crippen LogP contribution is 2.08. The third kappa shape index (κ3) is 12.7. The molecule has 0 aromatic carbocycles. The molecule has 0 aliphatic heterocycles. The third-order valence-electron chi connectivity index (χ3n) is 2.78. The van der Waals surface area contributed by atoms with Gasteiger partial charge < -0.3 is 25.2 Å². The molecule has 3 N–H and O–H groups in total. The second-order valence-corrected chi connectivity index (χ2v) is 13.3. The van der Waals surface area contributed by atoms with Crippen molar-refractivity contribution >= 4 is 26.2 Å². The van der Waals surface area contributed by atoms with Crippen LogP contribution < -0.4 is 10.6 Å². The molecule has 8 nitrogen and oxygen atoms in total. The molecule has 0 aliphatic rings. The van der Waals surface area contributed by atoms with Crippen LogP contribution in [0.25, 0.3) is 0 Å². The molecule has 0 rings (SSSR count). The Kier molecular flexibility index (Phi) is 8.80. The van der Waals surface area contributed by atoms with E-state index in [9.17, 15) is 14.4 Å². The smallest absolute Gasteiger partial charge is 0.407 e. The van der Waals surface area contributed by atoms with Crippen LogP contribution in [0.5, 0.6) is 0 Å². The van der Waals surface area contributed by atoms with Gasteiger partial charge in [-0.15, -0.1) is 0 Å². The standard InChI is InChI=1S/C15H30N2O6Si/c1-15(2,3)23-13(20)16-8-7-11(12(18)19)17-14(21)22-9-10-24(4,5)6/h11H,7-10H2,1-6H3,(H,16,20)(H,17,21)(H,18,19)/t11-/m0/s1. The Bertz CT molecular complexity index is 442. The molecule has 0 fully saturated rings. The highest BCUT2D eigenvalue weighted by Gasteiger charge is 2.22. The minimum atomic E-state index is -1.32. The van der Waals surface area contributed by atoms with Crippen molar-refractivity contribution in [2.24, 2.45) is 0 Å². The molecule has 9 heteroatoms. The zero-order valence-corrected chi connectivity index (χ0v) is 16.4. The van der Waals surface area contributed by atoms with E-state index in [0.29, 0.717) is 0 Å². The van der Waals surface area contributed by atoms with Crippen molar-refractivity contribution in [2.75, 3.05) is 13.2 Å². The molecule has 140 valence electrons. The molecule has 1 atom stereocenters. The summed E-state index contributed by atoms with van der Waals surface area (Å²) < 4.78 is 10.0. The largest absolute Gasteiger partial charge is 0.480 e. The summed E-state index contributed by atoms with van der Waals surface area (Å²) in [5.41, 5.74) is -0.630. The lowest BCUT2D eigenvalue weighted by Gasteiger charge is -2.20. The molecule has 24 heavy (non-hydrogen) atoms. The normalized spacial score (nSPS) is 12.9. The van der Waals surface area contributed by atoms with Gasteiger partial charge in [0.15, 0.2) is 0 Å². The first-order chi connectivity index (χ1) is 10.8. The van der Waals surface area contributed by atoms with E-state index in [1.165, 1.54) is 0 Å². The topological polar surface area (TPSA) is 114 Å². The number of alkyl carbamates (subject to hydrolysis) is 2. The first-order valence-electron chi connectivity index (χ1n) is 7.93. The van der Waals surface area contributed by atoms with Gasteiger partial charge in [0.1, 0.15) is 11.6 Å². The highest BCUT2D eigenvalue weighted by atomic mass is 28.3. The monoisotopic (exact) mass is 362 g/mol. The number of hydrogen-bond acceptors (Lipinski definition) is 5. The van der Waals surface area contributed by atoms with Crippen molar-refractivity contribution < 1.29 is 29.0 Å². The first kappa shape index (κ1) is 22.2. The number of carboxylic acids is 1. The number of carbonyl (C=O) groups is 3. The zero-order chi connectivity index (χ0) is 19.0. The van der Waals surface area contributed by atoms with Crippen LogP contribution in [0.2, 0.25) is 25.7 Å². The van der Waals surface area contributed by atoms with Crippen LogP contribution in [0.3, 0.4) is 0 Å². The number of carboxylic acid groups (broad SMARTS) is 1. The number of amides is 2. The number of carbonyl (C=O) groups excluding carboxylic acids is 2. The average molecular weight is 362 g/mol. The van der Waals surface area contributed by atoms with Crippen LogP contribution >= 0.6 is 0 Å². The molecule has 0 bridgehead atoms. The van der Waals surface area contributed by atoms with Crippen LogP contribution in [-0.2, 0) is 14.3 Å². The highest BCUT2D eigenvalue weighted by molar-refractivity contribution is 6.76. The van der Waals surface area contributed by atoms with E-state index >= 15 is 0 Å². The van der Waals surface area contributed by atoms with Gasteiger partial charge in [-0.3, -0.25) is 0 Å². The third-order valence-corrected chi connectivity index (χ3v) is 4.48. The molecule has 0 aromatic heterocycles. The Morgan fingerprint density at radius 1 is 1.12 bits per heavy atom. The second kappa shape index (κ2) is 9.51. The fourth-order valence-electron chi connectivity index (χ4n) is 1.52. The Morgan fingerprint density at radius 2 is 1.71 bits per heavy atom. The zero-order valence-electron chi connectivity index (χ0n) is 15.4. The summed E-state index contributed by atoms with van der Waals surface area (Å²) in [5, 5.41) is 13.9. The molecule has 0 saturated carbocycles. The number of aliphatic carboxylic acids is 1. The van der Waals surface area contributed by atoms with Gasteiger partial charge in [-0.2, -0.15) is 0 Å². The Hall–Kier alpha value is -1.77. The van der Waals surface area contributed by atoms with Gasteiger partial charge in [-0.1, -0.05) is 19.6 Å². The van der Waals surface area contributed by atoms with Crippen molar-refractivity contribution in [1.29, 1.82) is 0 Å². The van der Waals surface area contributed by atoms with Crippen LogP contribution in [0.1, 0.15) is 27.2 Å². The minimum absolute atomic E-state index is 0.0255. The molecule has 0 radical (unpaired) electrons. The molecule has 0 spiro atoms. The van der Waals surface area contributed by atoms with E-state index in [4.69, 9.17) is 14.6 Å². The number of hydrogen-bond donors (Lipinski definition) is 3. The summed E-state index contributed by atoms with van der Waals surface area (Å²) in [6.07, 6.45) is -1.38. The van der Waals surface area contributed by atoms with E-state index in [2.05, 4.69) is 30.3 Å². The fourth-order valence-corrected chi connectivity index (χ4v) is 2.24. The Balaban J connectivity index is 4.20. The maximum atomic E-state index is 11.6. The molecule has 0 saturated heterocycles. The lowest BCUT2D eigenvalue weighted by molar-refractivity contribution is -0.139. The Morgan fingerprint density at radius 3 is 2.17 bits per heavy atom. The summed E-state index contributed by atoms with van der Waals surface area (Å²) in [6.45, 7) is 12.0. The van der Waals surface area contributed by atoms with Crippen molar-refractivity contribution in [2.45, 2.75) is 64.5 Å². The molecule has 0 unspecified atom stereocenters. The molecule has 0 heterocycles. The molecular weight excluding hydrogens is 332 g/mol. The van der Waals surface area contributed by atoms with Crippen molar-refractivity contribution in [1.82, 2.24) is 10.6 Å². The molecule has 0 aliphatic carbocycles.